The summed E-state index contributed by atoms with van der Waals surface area (Å²) in [5.41, 5.74) is 2.21. The third-order valence-electron chi connectivity index (χ3n) is 4.50. The van der Waals surface area contributed by atoms with E-state index >= 15 is 0 Å². The van der Waals surface area contributed by atoms with Crippen LogP contribution in [-0.2, 0) is 21.6 Å². The number of esters is 1. The Morgan fingerprint density at radius 3 is 2.80 bits per heavy atom. The first kappa shape index (κ1) is 15.1. The summed E-state index contributed by atoms with van der Waals surface area (Å²) < 4.78 is 6.06. The SMILES string of the molecule is CCCC1(OC(=O)C(C)CC)CCCc2ccccc21. The van der Waals surface area contributed by atoms with Gasteiger partial charge in [-0.05, 0) is 43.2 Å². The monoisotopic (exact) mass is 274 g/mol. The van der Waals surface area contributed by atoms with Gasteiger partial charge in [0, 0.05) is 0 Å². The van der Waals surface area contributed by atoms with Gasteiger partial charge in [0.15, 0.2) is 0 Å². The fourth-order valence-electron chi connectivity index (χ4n) is 3.16. The number of hydrogen-bond donors (Lipinski definition) is 0. The van der Waals surface area contributed by atoms with Gasteiger partial charge in [-0.15, -0.1) is 0 Å². The van der Waals surface area contributed by atoms with Gasteiger partial charge in [0.25, 0.3) is 0 Å². The fourth-order valence-corrected chi connectivity index (χ4v) is 3.16. The van der Waals surface area contributed by atoms with Crippen LogP contribution in [0.25, 0.3) is 0 Å². The summed E-state index contributed by atoms with van der Waals surface area (Å²) in [5, 5.41) is 0. The minimum absolute atomic E-state index is 0.0159. The molecule has 0 fully saturated rings. The summed E-state index contributed by atoms with van der Waals surface area (Å²) in [7, 11) is 0. The van der Waals surface area contributed by atoms with E-state index in [1.807, 2.05) is 13.8 Å². The van der Waals surface area contributed by atoms with Crippen LogP contribution < -0.4 is 0 Å². The van der Waals surface area contributed by atoms with Crippen molar-refractivity contribution in [3.8, 4) is 0 Å². The molecule has 0 spiro atoms. The van der Waals surface area contributed by atoms with Crippen molar-refractivity contribution >= 4 is 5.97 Å². The second-order valence-electron chi connectivity index (χ2n) is 5.99. The average Bonchev–Trinajstić information content (AvgIpc) is 2.47. The Balaban J connectivity index is 2.33. The van der Waals surface area contributed by atoms with Crippen molar-refractivity contribution in [2.75, 3.05) is 0 Å². The quantitative estimate of drug-likeness (QED) is 0.733. The number of rotatable bonds is 5. The molecule has 0 amide bonds. The molecule has 0 bridgehead atoms. The number of hydrogen-bond acceptors (Lipinski definition) is 2. The highest BCUT2D eigenvalue weighted by molar-refractivity contribution is 5.72. The molecule has 1 aliphatic rings. The summed E-state index contributed by atoms with van der Waals surface area (Å²) in [5.74, 6) is -0.0597. The lowest BCUT2D eigenvalue weighted by molar-refractivity contribution is -0.168. The van der Waals surface area contributed by atoms with E-state index in [2.05, 4.69) is 31.2 Å². The molecule has 1 aliphatic carbocycles. The second kappa shape index (κ2) is 6.43. The highest BCUT2D eigenvalue weighted by Crippen LogP contribution is 2.42. The first-order chi connectivity index (χ1) is 9.63. The summed E-state index contributed by atoms with van der Waals surface area (Å²) >= 11 is 0. The zero-order valence-corrected chi connectivity index (χ0v) is 12.9. The molecule has 1 aromatic rings. The Bertz CT molecular complexity index is 466. The molecule has 0 aromatic heterocycles. The zero-order valence-electron chi connectivity index (χ0n) is 12.9. The Morgan fingerprint density at radius 1 is 1.35 bits per heavy atom. The molecule has 0 radical (unpaired) electrons. The Hall–Kier alpha value is -1.31. The Morgan fingerprint density at radius 2 is 2.10 bits per heavy atom. The molecule has 0 saturated carbocycles. The third kappa shape index (κ3) is 2.89. The number of fused-ring (bicyclic) bond motifs is 1. The van der Waals surface area contributed by atoms with Gasteiger partial charge in [-0.3, -0.25) is 4.79 Å². The Labute approximate surface area is 122 Å². The third-order valence-corrected chi connectivity index (χ3v) is 4.50. The lowest BCUT2D eigenvalue weighted by Crippen LogP contribution is -2.37. The standard InChI is InChI=1S/C18H26O2/c1-4-12-18(20-17(19)14(3)5-2)13-8-10-15-9-6-7-11-16(15)18/h6-7,9,11,14H,4-5,8,10,12-13H2,1-3H3. The van der Waals surface area contributed by atoms with E-state index in [0.29, 0.717) is 0 Å². The van der Waals surface area contributed by atoms with Gasteiger partial charge in [-0.25, -0.2) is 0 Å². The zero-order chi connectivity index (χ0) is 14.6. The average molecular weight is 274 g/mol. The number of aryl methyl sites for hydroxylation is 1. The van der Waals surface area contributed by atoms with Crippen LogP contribution in [0.2, 0.25) is 0 Å². The maximum Gasteiger partial charge on any atom is 0.309 e. The first-order valence-electron chi connectivity index (χ1n) is 7.94. The van der Waals surface area contributed by atoms with Crippen LogP contribution in [0.5, 0.6) is 0 Å². The van der Waals surface area contributed by atoms with Gasteiger partial charge in [0.05, 0.1) is 5.92 Å². The largest absolute Gasteiger partial charge is 0.454 e. The molecule has 110 valence electrons. The van der Waals surface area contributed by atoms with E-state index in [1.165, 1.54) is 11.1 Å². The number of benzene rings is 1. The van der Waals surface area contributed by atoms with E-state index in [-0.39, 0.29) is 17.5 Å². The normalized spacial score (nSPS) is 22.9. The summed E-state index contributed by atoms with van der Waals surface area (Å²) in [6, 6.07) is 8.47. The summed E-state index contributed by atoms with van der Waals surface area (Å²) in [4.78, 5) is 12.3. The van der Waals surface area contributed by atoms with Crippen molar-refractivity contribution in [2.45, 2.75) is 64.9 Å². The maximum absolute atomic E-state index is 12.3. The summed E-state index contributed by atoms with van der Waals surface area (Å²) in [6.07, 6.45) is 5.95. The van der Waals surface area contributed by atoms with E-state index in [9.17, 15) is 4.79 Å². The molecule has 0 aliphatic heterocycles. The molecular formula is C18H26O2. The Kier molecular flexibility index (Phi) is 4.85. The lowest BCUT2D eigenvalue weighted by atomic mass is 9.76. The number of ether oxygens (including phenoxy) is 1. The number of carbonyl (C=O) groups is 1. The van der Waals surface area contributed by atoms with Crippen molar-refractivity contribution in [3.05, 3.63) is 35.4 Å². The maximum atomic E-state index is 12.3. The predicted octanol–water partition coefficient (Wildman–Crippen LogP) is 4.61. The minimum atomic E-state index is -0.385. The summed E-state index contributed by atoms with van der Waals surface area (Å²) in [6.45, 7) is 6.15. The van der Waals surface area contributed by atoms with Crippen molar-refractivity contribution in [2.24, 2.45) is 5.92 Å². The van der Waals surface area contributed by atoms with Gasteiger partial charge in [-0.1, -0.05) is 51.5 Å². The molecule has 2 rings (SSSR count). The molecular weight excluding hydrogens is 248 g/mol. The van der Waals surface area contributed by atoms with Crippen molar-refractivity contribution in [1.82, 2.24) is 0 Å². The van der Waals surface area contributed by atoms with E-state index in [0.717, 1.165) is 38.5 Å². The van der Waals surface area contributed by atoms with Gasteiger partial charge < -0.3 is 4.74 Å². The molecule has 0 N–H and O–H groups in total. The molecule has 2 atom stereocenters. The van der Waals surface area contributed by atoms with Crippen LogP contribution in [0.3, 0.4) is 0 Å². The second-order valence-corrected chi connectivity index (χ2v) is 5.99. The molecule has 2 heteroatoms. The fraction of sp³-hybridized carbons (Fsp3) is 0.611. The van der Waals surface area contributed by atoms with E-state index in [4.69, 9.17) is 4.74 Å². The van der Waals surface area contributed by atoms with Crippen molar-refractivity contribution in [1.29, 1.82) is 0 Å². The topological polar surface area (TPSA) is 26.3 Å². The van der Waals surface area contributed by atoms with Crippen LogP contribution in [0, 0.1) is 5.92 Å². The van der Waals surface area contributed by atoms with Gasteiger partial charge in [-0.2, -0.15) is 0 Å². The van der Waals surface area contributed by atoms with Gasteiger partial charge >= 0.3 is 5.97 Å². The molecule has 1 aromatic carbocycles. The highest BCUT2D eigenvalue weighted by atomic mass is 16.6. The first-order valence-corrected chi connectivity index (χ1v) is 7.94. The van der Waals surface area contributed by atoms with Crippen molar-refractivity contribution < 1.29 is 9.53 Å². The van der Waals surface area contributed by atoms with Crippen LogP contribution in [0.15, 0.2) is 24.3 Å². The smallest absolute Gasteiger partial charge is 0.309 e. The van der Waals surface area contributed by atoms with Crippen LogP contribution in [0.4, 0.5) is 0 Å². The van der Waals surface area contributed by atoms with E-state index < -0.39 is 0 Å². The van der Waals surface area contributed by atoms with Crippen LogP contribution >= 0.6 is 0 Å². The van der Waals surface area contributed by atoms with E-state index in [1.54, 1.807) is 0 Å². The molecule has 0 saturated heterocycles. The number of carbonyl (C=O) groups excluding carboxylic acids is 1. The molecule has 2 nitrogen and oxygen atoms in total. The molecule has 0 heterocycles. The molecule has 2 unspecified atom stereocenters. The van der Waals surface area contributed by atoms with Gasteiger partial charge in [0.2, 0.25) is 0 Å². The van der Waals surface area contributed by atoms with Crippen molar-refractivity contribution in [3.63, 3.8) is 0 Å². The van der Waals surface area contributed by atoms with Crippen LogP contribution in [-0.4, -0.2) is 5.97 Å². The van der Waals surface area contributed by atoms with Crippen LogP contribution in [0.1, 0.15) is 64.0 Å². The highest BCUT2D eigenvalue weighted by Gasteiger charge is 2.39. The van der Waals surface area contributed by atoms with Gasteiger partial charge in [0.1, 0.15) is 5.60 Å². The minimum Gasteiger partial charge on any atom is -0.454 e. The molecule has 20 heavy (non-hydrogen) atoms. The lowest BCUT2D eigenvalue weighted by Gasteiger charge is -2.39. The predicted molar refractivity (Wildman–Crippen MR) is 81.5 cm³/mol.